The minimum absolute atomic E-state index is 0.612. The lowest BCUT2D eigenvalue weighted by molar-refractivity contribution is 0.494. The monoisotopic (exact) mass is 251 g/mol. The van der Waals surface area contributed by atoms with Gasteiger partial charge in [0.25, 0.3) is 0 Å². The number of rotatable bonds is 7. The minimum Gasteiger partial charge on any atom is -0.313 e. The molecule has 96 valence electrons. The first-order chi connectivity index (χ1) is 8.17. The Labute approximate surface area is 110 Å². The molecule has 0 fully saturated rings. The van der Waals surface area contributed by atoms with E-state index in [9.17, 15) is 0 Å². The van der Waals surface area contributed by atoms with Gasteiger partial charge in [0, 0.05) is 16.2 Å². The zero-order chi connectivity index (χ0) is 12.7. The molecule has 2 heteroatoms. The molecule has 0 aromatic heterocycles. The van der Waals surface area contributed by atoms with Crippen molar-refractivity contribution in [2.75, 3.05) is 6.54 Å². The number of hydrogen-bond acceptors (Lipinski definition) is 2. The van der Waals surface area contributed by atoms with Crippen molar-refractivity contribution >= 4 is 11.8 Å². The van der Waals surface area contributed by atoms with Gasteiger partial charge in [-0.3, -0.25) is 0 Å². The van der Waals surface area contributed by atoms with E-state index in [0.29, 0.717) is 11.3 Å². The summed E-state index contributed by atoms with van der Waals surface area (Å²) < 4.78 is 0. The maximum absolute atomic E-state index is 3.63. The lowest BCUT2D eigenvalue weighted by Crippen LogP contribution is -2.36. The summed E-state index contributed by atoms with van der Waals surface area (Å²) in [4.78, 5) is 1.37. The van der Waals surface area contributed by atoms with Gasteiger partial charge in [-0.15, -0.1) is 11.8 Å². The first kappa shape index (κ1) is 14.6. The Morgan fingerprint density at radius 1 is 1.18 bits per heavy atom. The van der Waals surface area contributed by atoms with Crippen molar-refractivity contribution in [3.05, 3.63) is 29.8 Å². The molecule has 0 saturated carbocycles. The zero-order valence-electron chi connectivity index (χ0n) is 11.5. The normalized spacial score (nSPS) is 14.6. The summed E-state index contributed by atoms with van der Waals surface area (Å²) in [6, 6.07) is 9.44. The van der Waals surface area contributed by atoms with Gasteiger partial charge in [-0.05, 0) is 38.4 Å². The molecule has 1 nitrogen and oxygen atoms in total. The Balaban J connectivity index is 2.51. The predicted molar refractivity (Wildman–Crippen MR) is 78.9 cm³/mol. The van der Waals surface area contributed by atoms with Crippen LogP contribution in [0, 0.1) is 6.92 Å². The fourth-order valence-corrected chi connectivity index (χ4v) is 3.06. The molecule has 1 aromatic rings. The third-order valence-corrected chi connectivity index (χ3v) is 4.25. The molecule has 0 aliphatic carbocycles. The Morgan fingerprint density at radius 2 is 1.82 bits per heavy atom. The molecular weight excluding hydrogens is 226 g/mol. The van der Waals surface area contributed by atoms with E-state index in [4.69, 9.17) is 0 Å². The van der Waals surface area contributed by atoms with Gasteiger partial charge in [-0.2, -0.15) is 0 Å². The van der Waals surface area contributed by atoms with E-state index in [1.165, 1.54) is 23.3 Å². The van der Waals surface area contributed by atoms with Crippen LogP contribution in [0.2, 0.25) is 0 Å². The molecule has 0 saturated heterocycles. The number of nitrogens with one attached hydrogen (secondary N) is 1. The molecule has 0 aliphatic heterocycles. The van der Waals surface area contributed by atoms with Crippen molar-refractivity contribution in [2.24, 2.45) is 0 Å². The summed E-state index contributed by atoms with van der Waals surface area (Å²) in [7, 11) is 0. The first-order valence-electron chi connectivity index (χ1n) is 6.64. The zero-order valence-corrected chi connectivity index (χ0v) is 12.3. The SMILES string of the molecule is CCCNC(CC)C(C)Sc1ccc(C)cc1. The number of hydrogen-bond donors (Lipinski definition) is 1. The molecule has 0 radical (unpaired) electrons. The molecule has 0 amide bonds. The van der Waals surface area contributed by atoms with Gasteiger partial charge >= 0.3 is 0 Å². The largest absolute Gasteiger partial charge is 0.313 e. The molecule has 17 heavy (non-hydrogen) atoms. The summed E-state index contributed by atoms with van der Waals surface area (Å²) >= 11 is 1.97. The fraction of sp³-hybridized carbons (Fsp3) is 0.600. The van der Waals surface area contributed by atoms with Crippen LogP contribution in [0.15, 0.2) is 29.2 Å². The number of thioether (sulfide) groups is 1. The van der Waals surface area contributed by atoms with E-state index in [2.05, 4.69) is 57.3 Å². The van der Waals surface area contributed by atoms with E-state index >= 15 is 0 Å². The van der Waals surface area contributed by atoms with E-state index in [1.807, 2.05) is 11.8 Å². The summed E-state index contributed by atoms with van der Waals surface area (Å²) in [5, 5.41) is 4.25. The van der Waals surface area contributed by atoms with Gasteiger partial charge in [0.2, 0.25) is 0 Å². The van der Waals surface area contributed by atoms with Gasteiger partial charge in [-0.25, -0.2) is 0 Å². The standard InChI is InChI=1S/C15H25NS/c1-5-11-16-15(6-2)13(4)17-14-9-7-12(3)8-10-14/h7-10,13,15-16H,5-6,11H2,1-4H3. The Hall–Kier alpha value is -0.470. The van der Waals surface area contributed by atoms with Crippen LogP contribution in [-0.2, 0) is 0 Å². The second-order valence-corrected chi connectivity index (χ2v) is 6.06. The van der Waals surface area contributed by atoms with Crippen molar-refractivity contribution < 1.29 is 0 Å². The third-order valence-electron chi connectivity index (χ3n) is 3.01. The van der Waals surface area contributed by atoms with Crippen LogP contribution in [0.4, 0.5) is 0 Å². The predicted octanol–water partition coefficient (Wildman–Crippen LogP) is 4.25. The molecule has 0 heterocycles. The minimum atomic E-state index is 0.612. The highest BCUT2D eigenvalue weighted by Gasteiger charge is 2.15. The first-order valence-corrected chi connectivity index (χ1v) is 7.52. The van der Waals surface area contributed by atoms with E-state index < -0.39 is 0 Å². The molecule has 0 bridgehead atoms. The molecule has 1 N–H and O–H groups in total. The Kier molecular flexibility index (Phi) is 6.68. The number of benzene rings is 1. The van der Waals surface area contributed by atoms with Gasteiger partial charge in [0.1, 0.15) is 0 Å². The Bertz CT molecular complexity index is 307. The highest BCUT2D eigenvalue weighted by atomic mass is 32.2. The lowest BCUT2D eigenvalue weighted by atomic mass is 10.1. The second-order valence-electron chi connectivity index (χ2n) is 4.60. The average Bonchev–Trinajstić information content (AvgIpc) is 2.33. The molecule has 0 aliphatic rings. The van der Waals surface area contributed by atoms with Gasteiger partial charge < -0.3 is 5.32 Å². The van der Waals surface area contributed by atoms with E-state index in [1.54, 1.807) is 0 Å². The van der Waals surface area contributed by atoms with Crippen molar-refractivity contribution in [2.45, 2.75) is 56.7 Å². The maximum atomic E-state index is 3.63. The quantitative estimate of drug-likeness (QED) is 0.727. The topological polar surface area (TPSA) is 12.0 Å². The van der Waals surface area contributed by atoms with Gasteiger partial charge in [0.05, 0.1) is 0 Å². The highest BCUT2D eigenvalue weighted by molar-refractivity contribution is 8.00. The van der Waals surface area contributed by atoms with Crippen LogP contribution >= 0.6 is 11.8 Å². The van der Waals surface area contributed by atoms with Crippen LogP contribution in [0.3, 0.4) is 0 Å². The number of aryl methyl sites for hydroxylation is 1. The van der Waals surface area contributed by atoms with Crippen LogP contribution in [0.25, 0.3) is 0 Å². The van der Waals surface area contributed by atoms with E-state index in [-0.39, 0.29) is 0 Å². The van der Waals surface area contributed by atoms with Crippen molar-refractivity contribution in [1.29, 1.82) is 0 Å². The average molecular weight is 251 g/mol. The van der Waals surface area contributed by atoms with Crippen molar-refractivity contribution in [1.82, 2.24) is 5.32 Å². The maximum Gasteiger partial charge on any atom is 0.0220 e. The van der Waals surface area contributed by atoms with Crippen LogP contribution in [0.5, 0.6) is 0 Å². The van der Waals surface area contributed by atoms with Gasteiger partial charge in [0.15, 0.2) is 0 Å². The molecule has 1 aromatic carbocycles. The molecule has 2 atom stereocenters. The lowest BCUT2D eigenvalue weighted by Gasteiger charge is -2.23. The smallest absolute Gasteiger partial charge is 0.0220 e. The summed E-state index contributed by atoms with van der Waals surface area (Å²) in [6.07, 6.45) is 2.40. The fourth-order valence-electron chi connectivity index (χ4n) is 1.89. The third kappa shape index (κ3) is 5.13. The molecular formula is C15H25NS. The molecule has 0 spiro atoms. The molecule has 1 rings (SSSR count). The van der Waals surface area contributed by atoms with Crippen molar-refractivity contribution in [3.63, 3.8) is 0 Å². The summed E-state index contributed by atoms with van der Waals surface area (Å²) in [5.74, 6) is 0. The second kappa shape index (κ2) is 7.78. The van der Waals surface area contributed by atoms with Crippen LogP contribution in [0.1, 0.15) is 39.2 Å². The van der Waals surface area contributed by atoms with Crippen molar-refractivity contribution in [3.8, 4) is 0 Å². The highest BCUT2D eigenvalue weighted by Crippen LogP contribution is 2.26. The Morgan fingerprint density at radius 3 is 2.35 bits per heavy atom. The van der Waals surface area contributed by atoms with E-state index in [0.717, 1.165) is 6.54 Å². The summed E-state index contributed by atoms with van der Waals surface area (Å²) in [6.45, 7) is 10.1. The molecule has 2 unspecified atom stereocenters. The van der Waals surface area contributed by atoms with Crippen LogP contribution in [-0.4, -0.2) is 17.8 Å². The summed E-state index contributed by atoms with van der Waals surface area (Å²) in [5.41, 5.74) is 1.33. The van der Waals surface area contributed by atoms with Gasteiger partial charge in [-0.1, -0.05) is 38.5 Å². The van der Waals surface area contributed by atoms with Crippen LogP contribution < -0.4 is 5.32 Å².